The molecule has 152 valence electrons. The van der Waals surface area contributed by atoms with E-state index in [2.05, 4.69) is 42.7 Å². The SMILES string of the molecule is COc1cc2nc(N3C[C@@H]4C(C)(C)C[C@]4(CN(C)C)C3)nc(N)c2cc1OC. The minimum atomic E-state index is 0.303. The molecule has 1 aromatic heterocycles. The summed E-state index contributed by atoms with van der Waals surface area (Å²) in [5, 5.41) is 0.784. The lowest BCUT2D eigenvalue weighted by Gasteiger charge is -2.57. The summed E-state index contributed by atoms with van der Waals surface area (Å²) in [6, 6.07) is 3.72. The van der Waals surface area contributed by atoms with Crippen molar-refractivity contribution in [2.24, 2.45) is 16.7 Å². The molecule has 7 nitrogen and oxygen atoms in total. The van der Waals surface area contributed by atoms with E-state index in [1.165, 1.54) is 6.42 Å². The van der Waals surface area contributed by atoms with Crippen LogP contribution < -0.4 is 20.1 Å². The molecule has 0 amide bonds. The van der Waals surface area contributed by atoms with Crippen molar-refractivity contribution in [2.75, 3.05) is 58.6 Å². The molecule has 1 saturated heterocycles. The van der Waals surface area contributed by atoms with Crippen LogP contribution in [0.15, 0.2) is 12.1 Å². The zero-order valence-corrected chi connectivity index (χ0v) is 17.7. The summed E-state index contributed by atoms with van der Waals surface area (Å²) in [5.74, 6) is 3.09. The summed E-state index contributed by atoms with van der Waals surface area (Å²) in [5.41, 5.74) is 7.74. The molecule has 1 aliphatic heterocycles. The fourth-order valence-electron chi connectivity index (χ4n) is 5.73. The Balaban J connectivity index is 1.72. The van der Waals surface area contributed by atoms with Crippen LogP contribution in [0.4, 0.5) is 11.8 Å². The lowest BCUT2D eigenvalue weighted by molar-refractivity contribution is -0.0787. The van der Waals surface area contributed by atoms with Crippen LogP contribution in [0.2, 0.25) is 0 Å². The maximum Gasteiger partial charge on any atom is 0.227 e. The fourth-order valence-corrected chi connectivity index (χ4v) is 5.73. The average molecular weight is 386 g/mol. The van der Waals surface area contributed by atoms with Gasteiger partial charge in [0.1, 0.15) is 5.82 Å². The third-order valence-corrected chi connectivity index (χ3v) is 6.53. The third kappa shape index (κ3) is 2.83. The van der Waals surface area contributed by atoms with Gasteiger partial charge in [-0.25, -0.2) is 4.98 Å². The van der Waals surface area contributed by atoms with E-state index < -0.39 is 0 Å². The number of nitrogen functional groups attached to an aromatic ring is 1. The van der Waals surface area contributed by atoms with Crippen molar-refractivity contribution in [2.45, 2.75) is 20.3 Å². The van der Waals surface area contributed by atoms with Gasteiger partial charge >= 0.3 is 0 Å². The summed E-state index contributed by atoms with van der Waals surface area (Å²) in [7, 11) is 7.55. The number of hydrogen-bond donors (Lipinski definition) is 1. The van der Waals surface area contributed by atoms with Gasteiger partial charge in [0.25, 0.3) is 0 Å². The smallest absolute Gasteiger partial charge is 0.227 e. The molecule has 1 aliphatic carbocycles. The van der Waals surface area contributed by atoms with Gasteiger partial charge in [0.05, 0.1) is 19.7 Å². The van der Waals surface area contributed by atoms with Crippen LogP contribution in [0.5, 0.6) is 11.5 Å². The number of nitrogens with two attached hydrogens (primary N) is 1. The first-order chi connectivity index (χ1) is 13.2. The van der Waals surface area contributed by atoms with Crippen LogP contribution >= 0.6 is 0 Å². The van der Waals surface area contributed by atoms with Gasteiger partial charge in [-0.1, -0.05) is 13.8 Å². The normalized spacial score (nSPS) is 25.7. The highest BCUT2D eigenvalue weighted by Gasteiger charge is 2.63. The van der Waals surface area contributed by atoms with Crippen LogP contribution in [0.1, 0.15) is 20.3 Å². The zero-order valence-electron chi connectivity index (χ0n) is 17.7. The summed E-state index contributed by atoms with van der Waals surface area (Å²) >= 11 is 0. The van der Waals surface area contributed by atoms with Crippen molar-refractivity contribution < 1.29 is 9.47 Å². The maximum absolute atomic E-state index is 6.31. The van der Waals surface area contributed by atoms with Gasteiger partial charge in [-0.05, 0) is 37.9 Å². The lowest BCUT2D eigenvalue weighted by atomic mass is 9.48. The molecular formula is C21H31N5O2. The molecule has 0 radical (unpaired) electrons. The molecular weight excluding hydrogens is 354 g/mol. The molecule has 2 aliphatic rings. The van der Waals surface area contributed by atoms with Gasteiger partial charge in [0.15, 0.2) is 11.5 Å². The van der Waals surface area contributed by atoms with Crippen LogP contribution in [0.25, 0.3) is 10.9 Å². The number of aromatic nitrogens is 2. The van der Waals surface area contributed by atoms with Gasteiger partial charge in [-0.3, -0.25) is 0 Å². The number of methoxy groups -OCH3 is 2. The molecule has 1 saturated carbocycles. The standard InChI is InChI=1S/C21H31N5O2/c1-20(2)10-21(11-25(3)4)12-26(9-17(20)21)19-23-14-8-16(28-6)15(27-5)7-13(14)18(22)24-19/h7-8,17H,9-12H2,1-6H3,(H2,22,23,24)/t17-,21+/m1/s1. The fraction of sp³-hybridized carbons (Fsp3) is 0.619. The second-order valence-electron chi connectivity index (χ2n) is 9.33. The molecule has 1 aromatic carbocycles. The molecule has 28 heavy (non-hydrogen) atoms. The summed E-state index contributed by atoms with van der Waals surface area (Å²) in [6.07, 6.45) is 1.23. The number of anilines is 2. The Labute approximate surface area is 166 Å². The van der Waals surface area contributed by atoms with Crippen molar-refractivity contribution in [1.29, 1.82) is 0 Å². The number of fused-ring (bicyclic) bond motifs is 2. The molecule has 2 fully saturated rings. The van der Waals surface area contributed by atoms with Crippen molar-refractivity contribution in [3.05, 3.63) is 12.1 Å². The van der Waals surface area contributed by atoms with Gasteiger partial charge in [0, 0.05) is 36.5 Å². The molecule has 2 atom stereocenters. The second-order valence-corrected chi connectivity index (χ2v) is 9.33. The molecule has 0 unspecified atom stereocenters. The topological polar surface area (TPSA) is 76.7 Å². The summed E-state index contributed by atoms with van der Waals surface area (Å²) in [4.78, 5) is 14.1. The van der Waals surface area contributed by atoms with E-state index in [9.17, 15) is 0 Å². The predicted molar refractivity (Wildman–Crippen MR) is 112 cm³/mol. The minimum Gasteiger partial charge on any atom is -0.493 e. The van der Waals surface area contributed by atoms with Gasteiger partial charge in [-0.15, -0.1) is 0 Å². The Morgan fingerprint density at radius 3 is 2.46 bits per heavy atom. The molecule has 0 bridgehead atoms. The highest BCUT2D eigenvalue weighted by atomic mass is 16.5. The molecule has 2 N–H and O–H groups in total. The van der Waals surface area contributed by atoms with Crippen molar-refractivity contribution in [3.63, 3.8) is 0 Å². The average Bonchev–Trinajstić information content (AvgIpc) is 2.94. The Kier molecular flexibility index (Phi) is 4.34. The Hall–Kier alpha value is -2.28. The van der Waals surface area contributed by atoms with E-state index in [0.717, 1.165) is 30.5 Å². The van der Waals surface area contributed by atoms with Crippen molar-refractivity contribution in [3.8, 4) is 11.5 Å². The molecule has 7 heteroatoms. The first-order valence-electron chi connectivity index (χ1n) is 9.78. The van der Waals surface area contributed by atoms with Crippen molar-refractivity contribution >= 4 is 22.7 Å². The number of benzene rings is 1. The van der Waals surface area contributed by atoms with E-state index in [-0.39, 0.29) is 0 Å². The predicted octanol–water partition coefficient (Wildman–Crippen LogP) is 2.64. The Morgan fingerprint density at radius 2 is 1.86 bits per heavy atom. The molecule has 2 heterocycles. The monoisotopic (exact) mass is 385 g/mol. The third-order valence-electron chi connectivity index (χ3n) is 6.53. The largest absolute Gasteiger partial charge is 0.493 e. The number of rotatable bonds is 5. The summed E-state index contributed by atoms with van der Waals surface area (Å²) in [6.45, 7) is 7.78. The van der Waals surface area contributed by atoms with Crippen LogP contribution in [0.3, 0.4) is 0 Å². The van der Waals surface area contributed by atoms with Crippen LogP contribution in [0, 0.1) is 16.7 Å². The number of ether oxygens (including phenoxy) is 2. The van der Waals surface area contributed by atoms with Gasteiger partial charge < -0.3 is 25.0 Å². The first-order valence-corrected chi connectivity index (χ1v) is 9.78. The quantitative estimate of drug-likeness (QED) is 0.848. The second kappa shape index (κ2) is 6.37. The van der Waals surface area contributed by atoms with E-state index in [0.29, 0.717) is 40.0 Å². The van der Waals surface area contributed by atoms with E-state index >= 15 is 0 Å². The molecule has 2 aromatic rings. The van der Waals surface area contributed by atoms with Crippen LogP contribution in [-0.4, -0.2) is 62.8 Å². The van der Waals surface area contributed by atoms with Gasteiger partial charge in [-0.2, -0.15) is 4.98 Å². The van der Waals surface area contributed by atoms with E-state index in [4.69, 9.17) is 20.2 Å². The Bertz CT molecular complexity index is 909. The van der Waals surface area contributed by atoms with E-state index in [1.807, 2.05) is 12.1 Å². The first kappa shape index (κ1) is 19.1. The van der Waals surface area contributed by atoms with Crippen LogP contribution in [-0.2, 0) is 0 Å². The number of hydrogen-bond acceptors (Lipinski definition) is 7. The van der Waals surface area contributed by atoms with E-state index in [1.54, 1.807) is 14.2 Å². The highest BCUT2D eigenvalue weighted by Crippen LogP contribution is 2.63. The molecule has 0 spiro atoms. The lowest BCUT2D eigenvalue weighted by Crippen LogP contribution is -2.57. The number of nitrogens with zero attached hydrogens (tertiary/aromatic N) is 4. The molecule has 4 rings (SSSR count). The maximum atomic E-state index is 6.31. The zero-order chi connectivity index (χ0) is 20.3. The highest BCUT2D eigenvalue weighted by molar-refractivity contribution is 5.91. The Morgan fingerprint density at radius 1 is 1.18 bits per heavy atom. The summed E-state index contributed by atoms with van der Waals surface area (Å²) < 4.78 is 10.8. The van der Waals surface area contributed by atoms with Gasteiger partial charge in [0.2, 0.25) is 5.95 Å². The van der Waals surface area contributed by atoms with Crippen molar-refractivity contribution in [1.82, 2.24) is 14.9 Å². The minimum absolute atomic E-state index is 0.303.